The molecule has 2 amide bonds. The van der Waals surface area contributed by atoms with Crippen molar-refractivity contribution < 1.29 is 9.59 Å². The lowest BCUT2D eigenvalue weighted by Crippen LogP contribution is -2.43. The molecule has 0 aliphatic carbocycles. The van der Waals surface area contributed by atoms with E-state index in [0.717, 1.165) is 3.57 Å². The van der Waals surface area contributed by atoms with Gasteiger partial charge in [0.15, 0.2) is 0 Å². The molecule has 0 spiro atoms. The summed E-state index contributed by atoms with van der Waals surface area (Å²) in [5, 5.41) is 4.09. The number of nitrogens with zero attached hydrogens (tertiary/aromatic N) is 1. The molecule has 0 fully saturated rings. The number of amides is 2. The van der Waals surface area contributed by atoms with Crippen molar-refractivity contribution in [3.05, 3.63) is 33.4 Å². The van der Waals surface area contributed by atoms with Crippen LogP contribution in [0.15, 0.2) is 24.3 Å². The van der Waals surface area contributed by atoms with Crippen LogP contribution in [0, 0.1) is 3.57 Å². The molecule has 0 aliphatic rings. The molecule has 0 atom stereocenters. The highest BCUT2D eigenvalue weighted by molar-refractivity contribution is 14.1. The van der Waals surface area contributed by atoms with Crippen LogP contribution >= 0.6 is 22.6 Å². The Morgan fingerprint density at radius 1 is 1.29 bits per heavy atom. The van der Waals surface area contributed by atoms with Crippen LogP contribution in [0.5, 0.6) is 0 Å². The first kappa shape index (κ1) is 13.9. The van der Waals surface area contributed by atoms with Crippen molar-refractivity contribution in [2.75, 3.05) is 20.6 Å². The van der Waals surface area contributed by atoms with E-state index in [1.54, 1.807) is 26.2 Å². The number of halogens is 1. The van der Waals surface area contributed by atoms with E-state index in [0.29, 0.717) is 5.56 Å². The maximum absolute atomic E-state index is 11.7. The van der Waals surface area contributed by atoms with Gasteiger partial charge in [0.1, 0.15) is 0 Å². The van der Waals surface area contributed by atoms with Gasteiger partial charge >= 0.3 is 0 Å². The zero-order chi connectivity index (χ0) is 12.8. The van der Waals surface area contributed by atoms with Crippen LogP contribution in [0.4, 0.5) is 0 Å². The smallest absolute Gasteiger partial charge is 0.253 e. The number of hydrogen-bond acceptors (Lipinski definition) is 3. The summed E-state index contributed by atoms with van der Waals surface area (Å²) in [6.07, 6.45) is 0. The Bertz CT molecular complexity index is 421. The first-order valence-corrected chi connectivity index (χ1v) is 6.08. The van der Waals surface area contributed by atoms with Crippen LogP contribution in [-0.2, 0) is 4.79 Å². The van der Waals surface area contributed by atoms with Crippen LogP contribution in [0.1, 0.15) is 10.4 Å². The monoisotopic (exact) mass is 347 g/mol. The molecule has 0 aromatic heterocycles. The fourth-order valence-corrected chi connectivity index (χ4v) is 1.82. The van der Waals surface area contributed by atoms with Crippen molar-refractivity contribution >= 4 is 34.4 Å². The van der Waals surface area contributed by atoms with Crippen molar-refractivity contribution in [1.29, 1.82) is 0 Å². The summed E-state index contributed by atoms with van der Waals surface area (Å²) < 4.78 is 0.857. The summed E-state index contributed by atoms with van der Waals surface area (Å²) >= 11 is 2.08. The lowest BCUT2D eigenvalue weighted by molar-refractivity contribution is -0.123. The summed E-state index contributed by atoms with van der Waals surface area (Å²) in [4.78, 5) is 23.1. The first-order valence-electron chi connectivity index (χ1n) is 5.00. The van der Waals surface area contributed by atoms with Gasteiger partial charge < -0.3 is 5.32 Å². The lowest BCUT2D eigenvalue weighted by atomic mass is 10.2. The van der Waals surface area contributed by atoms with Gasteiger partial charge in [-0.3, -0.25) is 15.0 Å². The Labute approximate surface area is 114 Å². The molecule has 92 valence electrons. The molecule has 1 rings (SSSR count). The summed E-state index contributed by atoms with van der Waals surface area (Å²) in [6, 6.07) is 7.21. The molecule has 1 aromatic rings. The van der Waals surface area contributed by atoms with Crippen molar-refractivity contribution in [3.63, 3.8) is 0 Å². The fourth-order valence-electron chi connectivity index (χ4n) is 1.19. The van der Waals surface area contributed by atoms with E-state index in [1.807, 2.05) is 12.1 Å². The predicted octanol–water partition coefficient (Wildman–Crippen LogP) is 0.614. The highest BCUT2D eigenvalue weighted by Crippen LogP contribution is 2.10. The van der Waals surface area contributed by atoms with E-state index in [9.17, 15) is 9.59 Å². The molecule has 0 heterocycles. The first-order chi connectivity index (χ1) is 8.00. The molecule has 0 saturated carbocycles. The lowest BCUT2D eigenvalue weighted by Gasteiger charge is -2.12. The number of hydrogen-bond donors (Lipinski definition) is 2. The normalized spacial score (nSPS) is 10.1. The van der Waals surface area contributed by atoms with Crippen LogP contribution in [0.25, 0.3) is 0 Å². The van der Waals surface area contributed by atoms with Crippen molar-refractivity contribution in [2.45, 2.75) is 0 Å². The maximum atomic E-state index is 11.7. The Kier molecular flexibility index (Phi) is 5.36. The molecule has 1 aromatic carbocycles. The standard InChI is InChI=1S/C11H14IN3O2/c1-15(2)14-10(16)7-13-11(17)8-5-3-4-6-9(8)12/h3-6H,7H2,1-2H3,(H,13,17)(H,14,16). The summed E-state index contributed by atoms with van der Waals surface area (Å²) in [5.41, 5.74) is 3.12. The van der Waals surface area contributed by atoms with Gasteiger partial charge in [0.2, 0.25) is 0 Å². The zero-order valence-electron chi connectivity index (χ0n) is 9.66. The molecule has 17 heavy (non-hydrogen) atoms. The fraction of sp³-hybridized carbons (Fsp3) is 0.273. The van der Waals surface area contributed by atoms with Gasteiger partial charge in [-0.1, -0.05) is 12.1 Å². The number of carbonyl (C=O) groups excluding carboxylic acids is 2. The molecule has 6 heteroatoms. The Morgan fingerprint density at radius 2 is 1.94 bits per heavy atom. The largest absolute Gasteiger partial charge is 0.343 e. The minimum atomic E-state index is -0.255. The highest BCUT2D eigenvalue weighted by atomic mass is 127. The van der Waals surface area contributed by atoms with Crippen LogP contribution in [0.2, 0.25) is 0 Å². The third-order valence-electron chi connectivity index (χ3n) is 1.88. The summed E-state index contributed by atoms with van der Waals surface area (Å²) in [5.74, 6) is -0.502. The second-order valence-electron chi connectivity index (χ2n) is 3.59. The summed E-state index contributed by atoms with van der Waals surface area (Å²) in [6.45, 7) is -0.0397. The van der Waals surface area contributed by atoms with Gasteiger partial charge in [-0.2, -0.15) is 0 Å². The third kappa shape index (κ3) is 4.70. The van der Waals surface area contributed by atoms with Gasteiger partial charge in [-0.25, -0.2) is 5.01 Å². The van der Waals surface area contributed by atoms with E-state index in [-0.39, 0.29) is 18.4 Å². The average Bonchev–Trinajstić information content (AvgIpc) is 2.25. The molecule has 2 N–H and O–H groups in total. The predicted molar refractivity (Wildman–Crippen MR) is 73.3 cm³/mol. The van der Waals surface area contributed by atoms with E-state index in [2.05, 4.69) is 33.3 Å². The van der Waals surface area contributed by atoms with E-state index < -0.39 is 0 Å². The van der Waals surface area contributed by atoms with Gasteiger partial charge in [0.25, 0.3) is 11.8 Å². The Morgan fingerprint density at radius 3 is 2.53 bits per heavy atom. The summed E-state index contributed by atoms with van der Waals surface area (Å²) in [7, 11) is 3.42. The van der Waals surface area contributed by atoms with Gasteiger partial charge in [0, 0.05) is 17.7 Å². The van der Waals surface area contributed by atoms with Gasteiger partial charge in [-0.15, -0.1) is 0 Å². The van der Waals surface area contributed by atoms with Crippen LogP contribution in [-0.4, -0.2) is 37.5 Å². The minimum Gasteiger partial charge on any atom is -0.343 e. The number of nitrogens with one attached hydrogen (secondary N) is 2. The second kappa shape index (κ2) is 6.55. The van der Waals surface area contributed by atoms with Crippen molar-refractivity contribution in [2.24, 2.45) is 0 Å². The molecule has 0 saturated heterocycles. The zero-order valence-corrected chi connectivity index (χ0v) is 11.8. The highest BCUT2D eigenvalue weighted by Gasteiger charge is 2.10. The van der Waals surface area contributed by atoms with E-state index in [1.165, 1.54) is 5.01 Å². The van der Waals surface area contributed by atoms with Crippen molar-refractivity contribution in [1.82, 2.24) is 15.8 Å². The number of carbonyl (C=O) groups is 2. The Hall–Kier alpha value is -1.15. The molecule has 0 bridgehead atoms. The van der Waals surface area contributed by atoms with Crippen LogP contribution in [0.3, 0.4) is 0 Å². The number of hydrazine groups is 1. The molecule has 0 radical (unpaired) electrons. The minimum absolute atomic E-state index is 0.0397. The molecule has 5 nitrogen and oxygen atoms in total. The van der Waals surface area contributed by atoms with Gasteiger partial charge in [-0.05, 0) is 34.7 Å². The maximum Gasteiger partial charge on any atom is 0.253 e. The number of benzene rings is 1. The van der Waals surface area contributed by atoms with Gasteiger partial charge in [0.05, 0.1) is 12.1 Å². The topological polar surface area (TPSA) is 61.4 Å². The van der Waals surface area contributed by atoms with Crippen LogP contribution < -0.4 is 10.7 Å². The second-order valence-corrected chi connectivity index (χ2v) is 4.75. The van der Waals surface area contributed by atoms with Crippen molar-refractivity contribution in [3.8, 4) is 0 Å². The quantitative estimate of drug-likeness (QED) is 0.620. The van der Waals surface area contributed by atoms with E-state index >= 15 is 0 Å². The number of rotatable bonds is 4. The van der Waals surface area contributed by atoms with E-state index in [4.69, 9.17) is 0 Å². The molecular formula is C11H14IN3O2. The molecular weight excluding hydrogens is 333 g/mol. The third-order valence-corrected chi connectivity index (χ3v) is 2.82. The average molecular weight is 347 g/mol. The SMILES string of the molecule is CN(C)NC(=O)CNC(=O)c1ccccc1I. The molecule has 0 aliphatic heterocycles. The molecule has 0 unspecified atom stereocenters. The Balaban J connectivity index is 2.51.